The number of aromatic nitrogens is 3. The first-order valence-electron chi connectivity index (χ1n) is 5.85. The molecule has 1 aromatic carbocycles. The van der Waals surface area contributed by atoms with Crippen LogP contribution in [0.2, 0.25) is 0 Å². The molecule has 3 rings (SSSR count). The molecule has 0 amide bonds. The van der Waals surface area contributed by atoms with E-state index in [1.54, 1.807) is 12.3 Å². The highest BCUT2D eigenvalue weighted by Crippen LogP contribution is 2.23. The van der Waals surface area contributed by atoms with E-state index in [1.165, 1.54) is 10.6 Å². The van der Waals surface area contributed by atoms with Gasteiger partial charge in [-0.05, 0) is 25.1 Å². The van der Waals surface area contributed by atoms with E-state index >= 15 is 0 Å². The minimum Gasteiger partial charge on any atom is -0.235 e. The molecule has 0 atom stereocenters. The lowest BCUT2D eigenvalue weighted by Gasteiger charge is -2.04. The number of aryl methyl sites for hydroxylation is 1. The maximum Gasteiger partial charge on any atom is 0.282 e. The third-order valence-corrected chi connectivity index (χ3v) is 2.92. The van der Waals surface area contributed by atoms with Gasteiger partial charge in [-0.2, -0.15) is 5.10 Å². The number of hydrogen-bond donors (Lipinski definition) is 0. The third kappa shape index (κ3) is 2.07. The first-order valence-corrected chi connectivity index (χ1v) is 5.85. The summed E-state index contributed by atoms with van der Waals surface area (Å²) in [5.41, 5.74) is 3.02. The molecule has 2 aromatic heterocycles. The molecule has 0 unspecified atom stereocenters. The van der Waals surface area contributed by atoms with E-state index < -0.39 is 6.43 Å². The van der Waals surface area contributed by atoms with Crippen molar-refractivity contribution < 1.29 is 8.78 Å². The lowest BCUT2D eigenvalue weighted by molar-refractivity contribution is 0.144. The van der Waals surface area contributed by atoms with Gasteiger partial charge in [-0.3, -0.25) is 0 Å². The number of rotatable bonds is 2. The molecule has 3 nitrogen and oxygen atoms in total. The smallest absolute Gasteiger partial charge is 0.235 e. The number of halogens is 2. The summed E-state index contributed by atoms with van der Waals surface area (Å²) in [6.07, 6.45) is -0.941. The predicted molar refractivity (Wildman–Crippen MR) is 68.1 cm³/mol. The van der Waals surface area contributed by atoms with Gasteiger partial charge in [-0.25, -0.2) is 18.3 Å². The minimum atomic E-state index is -2.59. The second-order valence-electron chi connectivity index (χ2n) is 4.34. The molecule has 5 heteroatoms. The molecule has 0 aliphatic rings. The Kier molecular flexibility index (Phi) is 2.74. The quantitative estimate of drug-likeness (QED) is 0.703. The fourth-order valence-electron chi connectivity index (χ4n) is 2.01. The van der Waals surface area contributed by atoms with Crippen LogP contribution in [0.4, 0.5) is 8.78 Å². The fraction of sp³-hybridized carbons (Fsp3) is 0.143. The number of fused-ring (bicyclic) bond motifs is 1. The Morgan fingerprint density at radius 3 is 2.74 bits per heavy atom. The van der Waals surface area contributed by atoms with Crippen LogP contribution in [0.3, 0.4) is 0 Å². The van der Waals surface area contributed by atoms with E-state index in [0.29, 0.717) is 11.3 Å². The summed E-state index contributed by atoms with van der Waals surface area (Å²) < 4.78 is 26.9. The molecule has 0 radical (unpaired) electrons. The van der Waals surface area contributed by atoms with Crippen molar-refractivity contribution in [1.82, 2.24) is 14.6 Å². The number of imidazole rings is 1. The van der Waals surface area contributed by atoms with Gasteiger partial charge >= 0.3 is 0 Å². The monoisotopic (exact) mass is 259 g/mol. The second kappa shape index (κ2) is 4.42. The van der Waals surface area contributed by atoms with Gasteiger partial charge in [0.25, 0.3) is 6.43 Å². The average molecular weight is 259 g/mol. The SMILES string of the molecule is Cc1cccc(-c2cnc3ccc(C(F)F)nn23)c1. The van der Waals surface area contributed by atoms with Crippen LogP contribution in [0.15, 0.2) is 42.6 Å². The van der Waals surface area contributed by atoms with E-state index in [4.69, 9.17) is 0 Å². The summed E-state index contributed by atoms with van der Waals surface area (Å²) in [6, 6.07) is 10.6. The van der Waals surface area contributed by atoms with Crippen LogP contribution in [0, 0.1) is 6.92 Å². The molecule has 2 heterocycles. The van der Waals surface area contributed by atoms with Crippen LogP contribution < -0.4 is 0 Å². The van der Waals surface area contributed by atoms with Crippen LogP contribution in [0.5, 0.6) is 0 Å². The predicted octanol–water partition coefficient (Wildman–Crippen LogP) is 3.64. The maximum atomic E-state index is 12.7. The average Bonchev–Trinajstić information content (AvgIpc) is 2.81. The fourth-order valence-corrected chi connectivity index (χ4v) is 2.01. The number of hydrogen-bond acceptors (Lipinski definition) is 2. The van der Waals surface area contributed by atoms with Crippen molar-refractivity contribution in [3.63, 3.8) is 0 Å². The number of benzene rings is 1. The number of alkyl halides is 2. The summed E-state index contributed by atoms with van der Waals surface area (Å²) in [4.78, 5) is 4.18. The van der Waals surface area contributed by atoms with Gasteiger partial charge in [0, 0.05) is 5.56 Å². The van der Waals surface area contributed by atoms with E-state index in [0.717, 1.165) is 11.1 Å². The van der Waals surface area contributed by atoms with Gasteiger partial charge in [-0.15, -0.1) is 0 Å². The molecule has 96 valence electrons. The van der Waals surface area contributed by atoms with Crippen molar-refractivity contribution in [2.45, 2.75) is 13.3 Å². The molecular formula is C14H11F2N3. The van der Waals surface area contributed by atoms with E-state index in [-0.39, 0.29) is 5.69 Å². The van der Waals surface area contributed by atoms with Crippen molar-refractivity contribution in [3.05, 3.63) is 53.9 Å². The second-order valence-corrected chi connectivity index (χ2v) is 4.34. The lowest BCUT2D eigenvalue weighted by atomic mass is 10.1. The summed E-state index contributed by atoms with van der Waals surface area (Å²) >= 11 is 0. The Balaban J connectivity index is 2.21. The standard InChI is InChI=1S/C14H11F2N3/c1-9-3-2-4-10(7-9)12-8-17-13-6-5-11(14(15)16)18-19(12)13/h2-8,14H,1H3. The van der Waals surface area contributed by atoms with Gasteiger partial charge in [0.15, 0.2) is 5.65 Å². The summed E-state index contributed by atoms with van der Waals surface area (Å²) in [5, 5.41) is 3.94. The van der Waals surface area contributed by atoms with Gasteiger partial charge < -0.3 is 0 Å². The normalized spacial score (nSPS) is 11.4. The first-order chi connectivity index (χ1) is 9.15. The molecule has 0 fully saturated rings. The Morgan fingerprint density at radius 1 is 1.16 bits per heavy atom. The van der Waals surface area contributed by atoms with Crippen molar-refractivity contribution in [2.24, 2.45) is 0 Å². The van der Waals surface area contributed by atoms with E-state index in [2.05, 4.69) is 10.1 Å². The highest BCUT2D eigenvalue weighted by molar-refractivity contribution is 5.63. The van der Waals surface area contributed by atoms with Gasteiger partial charge in [-0.1, -0.05) is 23.8 Å². The van der Waals surface area contributed by atoms with Gasteiger partial charge in [0.1, 0.15) is 5.69 Å². The van der Waals surface area contributed by atoms with Crippen molar-refractivity contribution in [1.29, 1.82) is 0 Å². The molecule has 0 aliphatic heterocycles. The summed E-state index contributed by atoms with van der Waals surface area (Å²) in [6.45, 7) is 1.98. The van der Waals surface area contributed by atoms with E-state index in [1.807, 2.05) is 31.2 Å². The summed E-state index contributed by atoms with van der Waals surface area (Å²) in [5.74, 6) is 0. The van der Waals surface area contributed by atoms with Gasteiger partial charge in [0.05, 0.1) is 11.9 Å². The maximum absolute atomic E-state index is 12.7. The molecule has 0 N–H and O–H groups in total. The zero-order valence-electron chi connectivity index (χ0n) is 10.2. The first kappa shape index (κ1) is 11.8. The Hall–Kier alpha value is -2.30. The van der Waals surface area contributed by atoms with Crippen LogP contribution in [-0.4, -0.2) is 14.6 Å². The highest BCUT2D eigenvalue weighted by atomic mass is 19.3. The van der Waals surface area contributed by atoms with Crippen LogP contribution in [0.1, 0.15) is 17.7 Å². The highest BCUT2D eigenvalue weighted by Gasteiger charge is 2.12. The summed E-state index contributed by atoms with van der Waals surface area (Å²) in [7, 11) is 0. The zero-order chi connectivity index (χ0) is 13.4. The molecule has 19 heavy (non-hydrogen) atoms. The molecule has 0 spiro atoms. The van der Waals surface area contributed by atoms with Gasteiger partial charge in [0.2, 0.25) is 0 Å². The Bertz CT molecular complexity index is 734. The molecule has 0 saturated heterocycles. The zero-order valence-corrected chi connectivity index (χ0v) is 10.2. The van der Waals surface area contributed by atoms with Crippen molar-refractivity contribution in [2.75, 3.05) is 0 Å². The van der Waals surface area contributed by atoms with Crippen LogP contribution in [0.25, 0.3) is 16.9 Å². The Labute approximate surface area is 108 Å². The molecular weight excluding hydrogens is 248 g/mol. The van der Waals surface area contributed by atoms with Crippen LogP contribution in [-0.2, 0) is 0 Å². The molecule has 0 bridgehead atoms. The molecule has 3 aromatic rings. The third-order valence-electron chi connectivity index (χ3n) is 2.92. The largest absolute Gasteiger partial charge is 0.282 e. The van der Waals surface area contributed by atoms with Crippen LogP contribution >= 0.6 is 0 Å². The minimum absolute atomic E-state index is 0.251. The molecule has 0 aliphatic carbocycles. The number of nitrogens with zero attached hydrogens (tertiary/aromatic N) is 3. The molecule has 0 saturated carbocycles. The van der Waals surface area contributed by atoms with Crippen molar-refractivity contribution in [3.8, 4) is 11.3 Å². The Morgan fingerprint density at radius 2 is 2.00 bits per heavy atom. The van der Waals surface area contributed by atoms with Crippen molar-refractivity contribution >= 4 is 5.65 Å². The topological polar surface area (TPSA) is 30.2 Å². The van der Waals surface area contributed by atoms with E-state index in [9.17, 15) is 8.78 Å². The lowest BCUT2D eigenvalue weighted by Crippen LogP contribution is -1.99.